The molecule has 1 aromatic carbocycles. The number of nitrogens with one attached hydrogen (secondary N) is 1. The summed E-state index contributed by atoms with van der Waals surface area (Å²) in [6.45, 7) is 7.27. The fraction of sp³-hybridized carbons (Fsp3) is 0.650. The van der Waals surface area contributed by atoms with Gasteiger partial charge in [-0.25, -0.2) is 8.42 Å². The Hall–Kier alpha value is -1.40. The van der Waals surface area contributed by atoms with Crippen LogP contribution < -0.4 is 5.32 Å². The van der Waals surface area contributed by atoms with Gasteiger partial charge in [-0.1, -0.05) is 26.8 Å². The molecule has 1 heterocycles. The van der Waals surface area contributed by atoms with Crippen LogP contribution in [0.3, 0.4) is 0 Å². The van der Waals surface area contributed by atoms with Gasteiger partial charge >= 0.3 is 0 Å². The first-order valence-corrected chi connectivity index (χ1v) is 10.9. The number of carbonyl (C=O) groups is 1. The molecule has 1 aromatic rings. The molecular weight excluding hydrogens is 348 g/mol. The van der Waals surface area contributed by atoms with Crippen LogP contribution in [0, 0.1) is 16.7 Å². The van der Waals surface area contributed by atoms with E-state index in [-0.39, 0.29) is 33.6 Å². The van der Waals surface area contributed by atoms with Gasteiger partial charge in [-0.2, -0.15) is 4.31 Å². The molecule has 3 aliphatic rings. The Kier molecular flexibility index (Phi) is 4.01. The number of nitrogens with zero attached hydrogens (tertiary/aromatic N) is 1. The number of carbonyl (C=O) groups excluding carboxylic acids is 1. The summed E-state index contributed by atoms with van der Waals surface area (Å²) in [6, 6.07) is 6.77. The number of benzene rings is 1. The second-order valence-electron chi connectivity index (χ2n) is 9.56. The minimum atomic E-state index is -3.56. The van der Waals surface area contributed by atoms with E-state index in [0.717, 1.165) is 32.1 Å². The Morgan fingerprint density at radius 1 is 1.19 bits per heavy atom. The molecule has 0 aromatic heterocycles. The maximum absolute atomic E-state index is 13.3. The van der Waals surface area contributed by atoms with Crippen molar-refractivity contribution in [3.05, 3.63) is 24.3 Å². The van der Waals surface area contributed by atoms with Crippen LogP contribution >= 0.6 is 0 Å². The number of hydrogen-bond donors (Lipinski definition) is 1. The predicted octanol–water partition coefficient (Wildman–Crippen LogP) is 3.62. The largest absolute Gasteiger partial charge is 0.326 e. The average Bonchev–Trinajstić information content (AvgIpc) is 3.32. The van der Waals surface area contributed by atoms with Gasteiger partial charge in [0.05, 0.1) is 4.90 Å². The second-order valence-corrected chi connectivity index (χ2v) is 11.4. The summed E-state index contributed by atoms with van der Waals surface area (Å²) in [5.74, 6) is 0.0844. The molecule has 1 N–H and O–H groups in total. The Bertz CT molecular complexity index is 844. The average molecular weight is 377 g/mol. The van der Waals surface area contributed by atoms with Crippen molar-refractivity contribution >= 4 is 21.6 Å². The molecule has 26 heavy (non-hydrogen) atoms. The summed E-state index contributed by atoms with van der Waals surface area (Å²) in [5.41, 5.74) is 0.788. The molecule has 6 heteroatoms. The van der Waals surface area contributed by atoms with Crippen molar-refractivity contribution in [3.8, 4) is 0 Å². The standard InChI is InChI=1S/C20H28N2O3S/c1-19(2)10-16-11-20(3,12-19)13-22(16)26(24,25)17-6-4-5-15(9-17)21-18(23)14-7-8-14/h4-6,9,14,16H,7-8,10-13H2,1-3H3,(H,21,23)/t16-,20+/m1/s1. The van der Waals surface area contributed by atoms with Crippen molar-refractivity contribution in [2.75, 3.05) is 11.9 Å². The smallest absolute Gasteiger partial charge is 0.243 e. The Morgan fingerprint density at radius 2 is 1.92 bits per heavy atom. The van der Waals surface area contributed by atoms with E-state index in [2.05, 4.69) is 26.1 Å². The van der Waals surface area contributed by atoms with Gasteiger partial charge < -0.3 is 5.32 Å². The van der Waals surface area contributed by atoms with E-state index in [9.17, 15) is 13.2 Å². The van der Waals surface area contributed by atoms with Gasteiger partial charge in [0.15, 0.2) is 0 Å². The van der Waals surface area contributed by atoms with Crippen molar-refractivity contribution < 1.29 is 13.2 Å². The SMILES string of the molecule is CC1(C)C[C@@H]2C[C@](C)(CN2S(=O)(=O)c2cccc(NC(=O)C3CC3)c2)C1. The van der Waals surface area contributed by atoms with Gasteiger partial charge in [0.25, 0.3) is 0 Å². The lowest BCUT2D eigenvalue weighted by Crippen LogP contribution is -2.37. The predicted molar refractivity (Wildman–Crippen MR) is 101 cm³/mol. The number of hydrogen-bond acceptors (Lipinski definition) is 3. The summed E-state index contributed by atoms with van der Waals surface area (Å²) in [4.78, 5) is 12.3. The van der Waals surface area contributed by atoms with Crippen molar-refractivity contribution in [1.29, 1.82) is 0 Å². The molecular formula is C20H28N2O3S. The maximum Gasteiger partial charge on any atom is 0.243 e. The van der Waals surface area contributed by atoms with E-state index in [4.69, 9.17) is 0 Å². The van der Waals surface area contributed by atoms with Crippen LogP contribution in [0.25, 0.3) is 0 Å². The first-order chi connectivity index (χ1) is 12.1. The fourth-order valence-corrected chi connectivity index (χ4v) is 6.97. The molecule has 1 saturated heterocycles. The van der Waals surface area contributed by atoms with Gasteiger partial charge in [0.2, 0.25) is 15.9 Å². The number of sulfonamides is 1. The normalized spacial score (nSPS) is 31.0. The van der Waals surface area contributed by atoms with Crippen molar-refractivity contribution in [1.82, 2.24) is 4.31 Å². The third-order valence-corrected chi connectivity index (χ3v) is 7.92. The van der Waals surface area contributed by atoms with E-state index < -0.39 is 10.0 Å². The molecule has 0 spiro atoms. The molecule has 2 bridgehead atoms. The lowest BCUT2D eigenvalue weighted by molar-refractivity contribution is -0.117. The summed E-state index contributed by atoms with van der Waals surface area (Å²) in [6.07, 6.45) is 4.75. The number of fused-ring (bicyclic) bond motifs is 2. The Labute approximate surface area is 156 Å². The lowest BCUT2D eigenvalue weighted by Gasteiger charge is -2.39. The van der Waals surface area contributed by atoms with Crippen molar-refractivity contribution in [2.45, 2.75) is 63.8 Å². The maximum atomic E-state index is 13.3. The van der Waals surface area contributed by atoms with Gasteiger partial charge in [-0.3, -0.25) is 4.79 Å². The molecule has 3 fully saturated rings. The number of anilines is 1. The zero-order chi connectivity index (χ0) is 18.7. The van der Waals surface area contributed by atoms with Crippen LogP contribution in [-0.2, 0) is 14.8 Å². The highest BCUT2D eigenvalue weighted by Gasteiger charge is 2.53. The van der Waals surface area contributed by atoms with Crippen LogP contribution in [0.15, 0.2) is 29.2 Å². The molecule has 0 radical (unpaired) electrons. The van der Waals surface area contributed by atoms with Gasteiger partial charge in [0.1, 0.15) is 0 Å². The Balaban J connectivity index is 1.60. The minimum Gasteiger partial charge on any atom is -0.326 e. The minimum absolute atomic E-state index is 0.00848. The quantitative estimate of drug-likeness (QED) is 0.873. The van der Waals surface area contributed by atoms with Gasteiger partial charge in [-0.05, 0) is 61.1 Å². The summed E-state index contributed by atoms with van der Waals surface area (Å²) in [5, 5.41) is 2.85. The van der Waals surface area contributed by atoms with E-state index in [1.54, 1.807) is 28.6 Å². The zero-order valence-corrected chi connectivity index (χ0v) is 16.6. The molecule has 142 valence electrons. The van der Waals surface area contributed by atoms with Gasteiger partial charge in [0, 0.05) is 24.2 Å². The number of rotatable bonds is 4. The molecule has 1 aliphatic heterocycles. The zero-order valence-electron chi connectivity index (χ0n) is 15.8. The van der Waals surface area contributed by atoms with Crippen molar-refractivity contribution in [2.24, 2.45) is 16.7 Å². The molecule has 4 rings (SSSR count). The topological polar surface area (TPSA) is 66.5 Å². The molecule has 5 nitrogen and oxygen atoms in total. The second kappa shape index (κ2) is 5.80. The highest BCUT2D eigenvalue weighted by Crippen LogP contribution is 2.53. The molecule has 2 saturated carbocycles. The first-order valence-electron chi connectivity index (χ1n) is 9.51. The number of amides is 1. The fourth-order valence-electron chi connectivity index (χ4n) is 5.15. The molecule has 2 aliphatic carbocycles. The van der Waals surface area contributed by atoms with E-state index in [0.29, 0.717) is 12.2 Å². The summed E-state index contributed by atoms with van der Waals surface area (Å²) < 4.78 is 28.4. The van der Waals surface area contributed by atoms with Crippen LogP contribution in [0.5, 0.6) is 0 Å². The van der Waals surface area contributed by atoms with Crippen LogP contribution in [-0.4, -0.2) is 31.2 Å². The lowest BCUT2D eigenvalue weighted by atomic mass is 9.65. The highest BCUT2D eigenvalue weighted by atomic mass is 32.2. The van der Waals surface area contributed by atoms with Crippen LogP contribution in [0.1, 0.15) is 52.9 Å². The molecule has 1 amide bonds. The summed E-state index contributed by atoms with van der Waals surface area (Å²) in [7, 11) is -3.56. The third kappa shape index (κ3) is 3.29. The van der Waals surface area contributed by atoms with Crippen molar-refractivity contribution in [3.63, 3.8) is 0 Å². The van der Waals surface area contributed by atoms with Gasteiger partial charge in [-0.15, -0.1) is 0 Å². The van der Waals surface area contributed by atoms with E-state index in [1.807, 2.05) is 0 Å². The monoisotopic (exact) mass is 376 g/mol. The van der Waals surface area contributed by atoms with Crippen LogP contribution in [0.2, 0.25) is 0 Å². The third-order valence-electron chi connectivity index (χ3n) is 6.02. The highest BCUT2D eigenvalue weighted by molar-refractivity contribution is 7.89. The Morgan fingerprint density at radius 3 is 2.62 bits per heavy atom. The van der Waals surface area contributed by atoms with E-state index in [1.165, 1.54) is 0 Å². The van der Waals surface area contributed by atoms with E-state index >= 15 is 0 Å². The first kappa shape index (κ1) is 18.0. The molecule has 0 unspecified atom stereocenters. The van der Waals surface area contributed by atoms with Crippen LogP contribution in [0.4, 0.5) is 5.69 Å². The molecule has 2 atom stereocenters. The summed E-state index contributed by atoms with van der Waals surface area (Å²) >= 11 is 0.